The summed E-state index contributed by atoms with van der Waals surface area (Å²) in [4.78, 5) is 38.9. The summed E-state index contributed by atoms with van der Waals surface area (Å²) in [5.41, 5.74) is -4.53. The molecule has 0 radical (unpaired) electrons. The average molecular weight is 554 g/mol. The zero-order valence-electron chi connectivity index (χ0n) is 16.1. The molecule has 0 aliphatic heterocycles. The first-order valence-electron chi connectivity index (χ1n) is 8.84. The van der Waals surface area contributed by atoms with Crippen molar-refractivity contribution in [3.63, 3.8) is 0 Å². The fourth-order valence-electron chi connectivity index (χ4n) is 3.16. The molecular weight excluding hydrogens is 541 g/mol. The van der Waals surface area contributed by atoms with Crippen LogP contribution in [0.2, 0.25) is 5.02 Å². The number of nitrogens with one attached hydrogen (secondary N) is 1. The van der Waals surface area contributed by atoms with Crippen molar-refractivity contribution in [3.8, 4) is 0 Å². The van der Waals surface area contributed by atoms with Gasteiger partial charge in [-0.1, -0.05) is 18.5 Å². The van der Waals surface area contributed by atoms with Crippen molar-refractivity contribution in [2.75, 3.05) is 5.75 Å². The first-order chi connectivity index (χ1) is 14.8. The van der Waals surface area contributed by atoms with Crippen LogP contribution in [0.4, 0.5) is 13.2 Å². The van der Waals surface area contributed by atoms with E-state index in [2.05, 4.69) is 20.9 Å². The lowest BCUT2D eigenvalue weighted by atomic mass is 10.0. The molecule has 32 heavy (non-hydrogen) atoms. The number of aldehydes is 1. The summed E-state index contributed by atoms with van der Waals surface area (Å²) >= 11 is 8.80. The summed E-state index contributed by atoms with van der Waals surface area (Å²) < 4.78 is 65.2. The molecule has 13 heteroatoms. The molecule has 0 amide bonds. The Morgan fingerprint density at radius 3 is 2.44 bits per heavy atom. The number of rotatable bonds is 5. The number of aromatic amines is 1. The van der Waals surface area contributed by atoms with Gasteiger partial charge in [-0.15, -0.1) is 0 Å². The molecule has 0 atom stereocenters. The number of aromatic nitrogens is 2. The number of H-pyrrole nitrogens is 1. The van der Waals surface area contributed by atoms with Crippen molar-refractivity contribution < 1.29 is 26.4 Å². The molecule has 170 valence electrons. The Morgan fingerprint density at radius 1 is 1.22 bits per heavy atom. The van der Waals surface area contributed by atoms with Gasteiger partial charge in [0.1, 0.15) is 0 Å². The molecule has 0 saturated carbocycles. The molecular formula is C19H13BrClF3N2O5S. The summed E-state index contributed by atoms with van der Waals surface area (Å²) in [6.45, 7) is 0.844. The van der Waals surface area contributed by atoms with Crippen LogP contribution in [-0.2, 0) is 22.6 Å². The van der Waals surface area contributed by atoms with E-state index in [1.54, 1.807) is 0 Å². The summed E-state index contributed by atoms with van der Waals surface area (Å²) in [6.07, 6.45) is -4.99. The first-order valence-corrected chi connectivity index (χ1v) is 11.7. The number of benzene rings is 2. The topological polar surface area (TPSA) is 106 Å². The molecule has 2 aromatic carbocycles. The summed E-state index contributed by atoms with van der Waals surface area (Å²) in [7, 11) is -3.76. The van der Waals surface area contributed by atoms with Crippen LogP contribution in [0.5, 0.6) is 0 Å². The molecule has 3 aromatic rings. The Balaban J connectivity index is 2.34. The van der Waals surface area contributed by atoms with E-state index in [-0.39, 0.29) is 33.0 Å². The second-order valence-electron chi connectivity index (χ2n) is 6.67. The van der Waals surface area contributed by atoms with Crippen molar-refractivity contribution >= 4 is 54.6 Å². The first kappa shape index (κ1) is 24.2. The summed E-state index contributed by atoms with van der Waals surface area (Å²) in [5.74, 6) is -0.263. The molecule has 0 unspecified atom stereocenters. The molecule has 0 saturated heterocycles. The Labute approximate surface area is 191 Å². The van der Waals surface area contributed by atoms with Gasteiger partial charge in [0.25, 0.3) is 5.56 Å². The van der Waals surface area contributed by atoms with Gasteiger partial charge in [-0.2, -0.15) is 13.2 Å². The predicted octanol–water partition coefficient (Wildman–Crippen LogP) is 3.78. The molecule has 0 aliphatic carbocycles. The van der Waals surface area contributed by atoms with Crippen LogP contribution in [0.3, 0.4) is 0 Å². The lowest BCUT2D eigenvalue weighted by molar-refractivity contribution is -0.137. The van der Waals surface area contributed by atoms with Gasteiger partial charge in [-0.3, -0.25) is 14.2 Å². The average Bonchev–Trinajstić information content (AvgIpc) is 2.70. The van der Waals surface area contributed by atoms with Gasteiger partial charge < -0.3 is 4.98 Å². The maximum atomic E-state index is 13.4. The van der Waals surface area contributed by atoms with Gasteiger partial charge in [0, 0.05) is 10.6 Å². The summed E-state index contributed by atoms with van der Waals surface area (Å²) in [5, 5.41) is -0.380. The predicted molar refractivity (Wildman–Crippen MR) is 115 cm³/mol. The Kier molecular flexibility index (Phi) is 6.42. The van der Waals surface area contributed by atoms with E-state index >= 15 is 0 Å². The monoisotopic (exact) mass is 552 g/mol. The molecule has 0 fully saturated rings. The van der Waals surface area contributed by atoms with Gasteiger partial charge in [0.2, 0.25) is 0 Å². The quantitative estimate of drug-likeness (QED) is 0.484. The van der Waals surface area contributed by atoms with Crippen molar-refractivity contribution in [1.82, 2.24) is 9.55 Å². The zero-order chi connectivity index (χ0) is 24.0. The van der Waals surface area contributed by atoms with E-state index in [1.165, 1.54) is 25.1 Å². The lowest BCUT2D eigenvalue weighted by Crippen LogP contribution is -2.36. The van der Waals surface area contributed by atoms with Gasteiger partial charge in [0.15, 0.2) is 16.1 Å². The maximum Gasteiger partial charge on any atom is 0.417 e. The number of hydrogen-bond acceptors (Lipinski definition) is 5. The highest BCUT2D eigenvalue weighted by atomic mass is 79.9. The minimum atomic E-state index is -4.95. The van der Waals surface area contributed by atoms with Crippen LogP contribution in [0.1, 0.15) is 28.4 Å². The van der Waals surface area contributed by atoms with Gasteiger partial charge in [-0.25, -0.2) is 13.2 Å². The molecule has 0 aliphatic rings. The fourth-order valence-corrected chi connectivity index (χ4v) is 5.09. The van der Waals surface area contributed by atoms with E-state index in [0.717, 1.165) is 0 Å². The number of carbonyl (C=O) groups is 1. The second-order valence-corrected chi connectivity index (χ2v) is 10.1. The molecule has 1 N–H and O–H groups in total. The third-order valence-corrected chi connectivity index (χ3v) is 7.63. The minimum absolute atomic E-state index is 0.0194. The minimum Gasteiger partial charge on any atom is -0.306 e. The third-order valence-electron chi connectivity index (χ3n) is 4.75. The number of nitrogens with zero attached hydrogens (tertiary/aromatic N) is 1. The number of hydrogen-bond donors (Lipinski definition) is 1. The normalized spacial score (nSPS) is 12.3. The molecule has 0 spiro atoms. The lowest BCUT2D eigenvalue weighted by Gasteiger charge is -2.15. The second kappa shape index (κ2) is 8.49. The van der Waals surface area contributed by atoms with Crippen LogP contribution in [0.15, 0.2) is 43.2 Å². The highest BCUT2D eigenvalue weighted by Crippen LogP contribution is 2.37. The Morgan fingerprint density at radius 2 is 1.88 bits per heavy atom. The van der Waals surface area contributed by atoms with Crippen LogP contribution in [0, 0.1) is 0 Å². The van der Waals surface area contributed by atoms with E-state index < -0.39 is 54.8 Å². The van der Waals surface area contributed by atoms with E-state index in [0.29, 0.717) is 10.6 Å². The molecule has 1 aromatic heterocycles. The number of halogens is 5. The van der Waals surface area contributed by atoms with Gasteiger partial charge in [-0.05, 0) is 45.8 Å². The smallest absolute Gasteiger partial charge is 0.306 e. The fraction of sp³-hybridized carbons (Fsp3) is 0.211. The number of carbonyl (C=O) groups excluding carboxylic acids is 1. The van der Waals surface area contributed by atoms with Gasteiger partial charge >= 0.3 is 11.9 Å². The SMILES string of the molecule is CCS(=O)(=O)c1ccc(Cl)cc1Cn1c(=O)[nH]c2c(Br)c(C=O)c(C(F)(F)F)cc2c1=O. The highest BCUT2D eigenvalue weighted by molar-refractivity contribution is 9.10. The third kappa shape index (κ3) is 4.26. The molecule has 1 heterocycles. The largest absolute Gasteiger partial charge is 0.417 e. The summed E-state index contributed by atoms with van der Waals surface area (Å²) in [6, 6.07) is 4.28. The van der Waals surface area contributed by atoms with E-state index in [4.69, 9.17) is 11.6 Å². The highest BCUT2D eigenvalue weighted by Gasteiger charge is 2.35. The van der Waals surface area contributed by atoms with Crippen molar-refractivity contribution in [2.45, 2.75) is 24.5 Å². The van der Waals surface area contributed by atoms with Gasteiger partial charge in [0.05, 0.1) is 38.1 Å². The van der Waals surface area contributed by atoms with Crippen LogP contribution in [-0.4, -0.2) is 30.0 Å². The zero-order valence-corrected chi connectivity index (χ0v) is 19.2. The van der Waals surface area contributed by atoms with E-state index in [1.807, 2.05) is 0 Å². The standard InChI is InChI=1S/C19H13BrClF3N2O5S/c1-2-32(30,31)14-4-3-10(21)5-9(14)7-26-17(28)11-6-13(19(22,23)24)12(8-27)15(20)16(11)25-18(26)29/h3-6,8H,2,7H2,1H3,(H,25,29). The number of fused-ring (bicyclic) bond motifs is 1. The Hall–Kier alpha value is -2.44. The molecule has 7 nitrogen and oxygen atoms in total. The Bertz CT molecular complexity index is 1480. The maximum absolute atomic E-state index is 13.4. The van der Waals surface area contributed by atoms with E-state index in [9.17, 15) is 36.0 Å². The molecule has 3 rings (SSSR count). The number of sulfone groups is 1. The van der Waals surface area contributed by atoms with Crippen molar-refractivity contribution in [2.24, 2.45) is 0 Å². The van der Waals surface area contributed by atoms with Crippen LogP contribution < -0.4 is 11.2 Å². The van der Waals surface area contributed by atoms with Crippen LogP contribution >= 0.6 is 27.5 Å². The van der Waals surface area contributed by atoms with Crippen LogP contribution in [0.25, 0.3) is 10.9 Å². The van der Waals surface area contributed by atoms with Crippen molar-refractivity contribution in [3.05, 3.63) is 71.3 Å². The van der Waals surface area contributed by atoms with Crippen molar-refractivity contribution in [1.29, 1.82) is 0 Å². The molecule has 0 bridgehead atoms. The number of alkyl halides is 3.